The van der Waals surface area contributed by atoms with E-state index in [0.29, 0.717) is 17.0 Å². The molecule has 3 N–H and O–H groups in total. The van der Waals surface area contributed by atoms with Gasteiger partial charge in [-0.25, -0.2) is 4.98 Å². The molecule has 0 aliphatic heterocycles. The molecule has 0 spiro atoms. The number of nitrogens with zero attached hydrogens (tertiary/aromatic N) is 1. The average molecular weight is 434 g/mol. The second kappa shape index (κ2) is 8.44. The van der Waals surface area contributed by atoms with E-state index in [-0.39, 0.29) is 35.6 Å². The van der Waals surface area contributed by atoms with Crippen molar-refractivity contribution in [1.82, 2.24) is 4.98 Å². The molecule has 2 rings (SSSR count). The second-order valence-electron chi connectivity index (χ2n) is 5.50. The van der Waals surface area contributed by atoms with Gasteiger partial charge in [0.1, 0.15) is 0 Å². The van der Waals surface area contributed by atoms with E-state index in [4.69, 9.17) is 5.73 Å². The lowest BCUT2D eigenvalue weighted by atomic mass is 10.0. The Balaban J connectivity index is 0.00000364. The van der Waals surface area contributed by atoms with Crippen molar-refractivity contribution in [3.8, 4) is 0 Å². The minimum atomic E-state index is -4.90. The number of aromatic nitrogens is 1. The quantitative estimate of drug-likeness (QED) is 0.699. The van der Waals surface area contributed by atoms with Crippen LogP contribution in [0.2, 0.25) is 0 Å². The van der Waals surface area contributed by atoms with E-state index < -0.39 is 35.4 Å². The van der Waals surface area contributed by atoms with Crippen LogP contribution in [0.5, 0.6) is 0 Å². The highest BCUT2D eigenvalue weighted by atomic mass is 35.5. The topological polar surface area (TPSA) is 68.0 Å². The molecular formula is C15H14ClF6N3OS. The first-order chi connectivity index (χ1) is 11.9. The maximum absolute atomic E-state index is 12.9. The van der Waals surface area contributed by atoms with Gasteiger partial charge in [0.25, 0.3) is 0 Å². The van der Waals surface area contributed by atoms with Crippen LogP contribution in [0.25, 0.3) is 0 Å². The van der Waals surface area contributed by atoms with Crippen LogP contribution in [0.4, 0.5) is 31.5 Å². The van der Waals surface area contributed by atoms with Gasteiger partial charge in [-0.2, -0.15) is 26.3 Å². The van der Waals surface area contributed by atoms with E-state index in [1.807, 2.05) is 0 Å². The first-order valence-corrected chi connectivity index (χ1v) is 7.97. The molecule has 1 atom stereocenters. The van der Waals surface area contributed by atoms with Crippen molar-refractivity contribution in [1.29, 1.82) is 0 Å². The molecule has 1 unspecified atom stereocenters. The number of carbonyl (C=O) groups excluding carboxylic acids is 1. The molecule has 150 valence electrons. The van der Waals surface area contributed by atoms with Gasteiger partial charge < -0.3 is 11.1 Å². The normalized spacial score (nSPS) is 13.0. The van der Waals surface area contributed by atoms with Crippen molar-refractivity contribution < 1.29 is 31.1 Å². The van der Waals surface area contributed by atoms with Crippen molar-refractivity contribution >= 4 is 34.8 Å². The zero-order valence-corrected chi connectivity index (χ0v) is 15.2. The number of anilines is 1. The number of thiazole rings is 1. The summed E-state index contributed by atoms with van der Waals surface area (Å²) in [6.07, 6.45) is -8.73. The van der Waals surface area contributed by atoms with Crippen molar-refractivity contribution in [3.63, 3.8) is 0 Å². The number of benzene rings is 1. The van der Waals surface area contributed by atoms with E-state index in [0.717, 1.165) is 11.3 Å². The molecule has 27 heavy (non-hydrogen) atoms. The minimum absolute atomic E-state index is 0. The standard InChI is InChI=1S/C15H13F6N3OS.ClH/c1-7(22)12(25)24-13-23-6-11(26-13)4-8-2-9(14(16,17)18)5-10(3-8)15(19,20)21;/h2-3,5-7H,4,22H2,1H3,(H,23,24,25);1H. The average Bonchev–Trinajstić information content (AvgIpc) is 2.92. The number of rotatable bonds is 4. The second-order valence-corrected chi connectivity index (χ2v) is 6.62. The van der Waals surface area contributed by atoms with E-state index in [1.165, 1.54) is 13.1 Å². The summed E-state index contributed by atoms with van der Waals surface area (Å²) in [5, 5.41) is 2.56. The minimum Gasteiger partial charge on any atom is -0.320 e. The van der Waals surface area contributed by atoms with Gasteiger partial charge in [0.05, 0.1) is 17.2 Å². The molecule has 2 aromatic rings. The highest BCUT2D eigenvalue weighted by Gasteiger charge is 2.36. The zero-order valence-electron chi connectivity index (χ0n) is 13.6. The predicted molar refractivity (Wildman–Crippen MR) is 90.9 cm³/mol. The highest BCUT2D eigenvalue weighted by molar-refractivity contribution is 7.15. The number of carbonyl (C=O) groups is 1. The summed E-state index contributed by atoms with van der Waals surface area (Å²) in [5.74, 6) is -0.510. The molecule has 0 saturated carbocycles. The smallest absolute Gasteiger partial charge is 0.320 e. The maximum Gasteiger partial charge on any atom is 0.416 e. The summed E-state index contributed by atoms with van der Waals surface area (Å²) in [6.45, 7) is 1.45. The van der Waals surface area contributed by atoms with Gasteiger partial charge in [-0.05, 0) is 30.7 Å². The zero-order chi connectivity index (χ0) is 19.7. The van der Waals surface area contributed by atoms with E-state index in [9.17, 15) is 31.1 Å². The Labute approximate surface area is 160 Å². The van der Waals surface area contributed by atoms with Crippen LogP contribution in [0.1, 0.15) is 28.5 Å². The third-order valence-electron chi connectivity index (χ3n) is 3.22. The van der Waals surface area contributed by atoms with Crippen LogP contribution in [-0.2, 0) is 23.6 Å². The van der Waals surface area contributed by atoms with Gasteiger partial charge in [0, 0.05) is 17.5 Å². The number of alkyl halides is 6. The number of hydrogen-bond acceptors (Lipinski definition) is 4. The lowest BCUT2D eigenvalue weighted by molar-refractivity contribution is -0.143. The molecule has 4 nitrogen and oxygen atoms in total. The van der Waals surface area contributed by atoms with Gasteiger partial charge in [0.2, 0.25) is 5.91 Å². The first kappa shape index (κ1) is 23.2. The SMILES string of the molecule is CC(N)C(=O)Nc1ncc(Cc2cc(C(F)(F)F)cc(C(F)(F)F)c2)s1.Cl. The van der Waals surface area contributed by atoms with Crippen LogP contribution in [0.15, 0.2) is 24.4 Å². The molecular weight excluding hydrogens is 420 g/mol. The fourth-order valence-corrected chi connectivity index (χ4v) is 2.84. The Bertz CT molecular complexity index is 771. The summed E-state index contributed by atoms with van der Waals surface area (Å²) >= 11 is 0.939. The van der Waals surface area contributed by atoms with E-state index in [1.54, 1.807) is 0 Å². The summed E-state index contributed by atoms with van der Waals surface area (Å²) < 4.78 is 77.2. The molecule has 0 aliphatic carbocycles. The number of halogens is 7. The van der Waals surface area contributed by atoms with Gasteiger partial charge in [-0.3, -0.25) is 4.79 Å². The molecule has 0 radical (unpaired) electrons. The van der Waals surface area contributed by atoms with E-state index >= 15 is 0 Å². The molecule has 0 aliphatic rings. The van der Waals surface area contributed by atoms with Crippen molar-refractivity contribution in [3.05, 3.63) is 46.0 Å². The summed E-state index contributed by atoms with van der Waals surface area (Å²) in [4.78, 5) is 15.7. The number of amides is 1. The number of nitrogens with one attached hydrogen (secondary N) is 1. The highest BCUT2D eigenvalue weighted by Crippen LogP contribution is 2.37. The fourth-order valence-electron chi connectivity index (χ4n) is 1.99. The Morgan fingerprint density at radius 2 is 1.67 bits per heavy atom. The first-order valence-electron chi connectivity index (χ1n) is 7.16. The van der Waals surface area contributed by atoms with Gasteiger partial charge in [-0.1, -0.05) is 0 Å². The third-order valence-corrected chi connectivity index (χ3v) is 4.14. The Morgan fingerprint density at radius 3 is 2.11 bits per heavy atom. The molecule has 0 fully saturated rings. The lowest BCUT2D eigenvalue weighted by Gasteiger charge is -2.13. The third kappa shape index (κ3) is 6.36. The molecule has 1 aromatic carbocycles. The van der Waals surface area contributed by atoms with Crippen molar-refractivity contribution in [2.75, 3.05) is 5.32 Å². The molecule has 1 heterocycles. The molecule has 0 bridgehead atoms. The van der Waals surface area contributed by atoms with Crippen LogP contribution in [0, 0.1) is 0 Å². The van der Waals surface area contributed by atoms with Crippen LogP contribution >= 0.6 is 23.7 Å². The van der Waals surface area contributed by atoms with E-state index in [2.05, 4.69) is 10.3 Å². The number of nitrogens with two attached hydrogens (primary N) is 1. The van der Waals surface area contributed by atoms with Crippen LogP contribution < -0.4 is 11.1 Å². The molecule has 0 saturated heterocycles. The molecule has 1 aromatic heterocycles. The van der Waals surface area contributed by atoms with Crippen LogP contribution in [0.3, 0.4) is 0 Å². The Hall–Kier alpha value is -1.85. The summed E-state index contributed by atoms with van der Waals surface area (Å²) in [6, 6.07) is 0.606. The fraction of sp³-hybridized carbons (Fsp3) is 0.333. The van der Waals surface area contributed by atoms with Crippen molar-refractivity contribution in [2.45, 2.75) is 31.7 Å². The maximum atomic E-state index is 12.9. The summed E-state index contributed by atoms with van der Waals surface area (Å²) in [7, 11) is 0. The van der Waals surface area contributed by atoms with Crippen molar-refractivity contribution in [2.24, 2.45) is 5.73 Å². The summed E-state index contributed by atoms with van der Waals surface area (Å²) in [5.41, 5.74) is 2.46. The van der Waals surface area contributed by atoms with Gasteiger partial charge >= 0.3 is 12.4 Å². The van der Waals surface area contributed by atoms with Crippen LogP contribution in [-0.4, -0.2) is 16.9 Å². The van der Waals surface area contributed by atoms with Gasteiger partial charge in [-0.15, -0.1) is 23.7 Å². The monoisotopic (exact) mass is 433 g/mol. The van der Waals surface area contributed by atoms with Gasteiger partial charge in [0.15, 0.2) is 5.13 Å². The Morgan fingerprint density at radius 1 is 1.15 bits per heavy atom. The lowest BCUT2D eigenvalue weighted by Crippen LogP contribution is -2.32. The number of hydrogen-bond donors (Lipinski definition) is 2. The molecule has 12 heteroatoms. The largest absolute Gasteiger partial charge is 0.416 e. The Kier molecular flexibility index (Phi) is 7.25. The molecule has 1 amide bonds. The predicted octanol–water partition coefficient (Wildman–Crippen LogP) is 4.48.